The summed E-state index contributed by atoms with van der Waals surface area (Å²) in [6.45, 7) is 1.71. The van der Waals surface area contributed by atoms with E-state index in [0.717, 1.165) is 0 Å². The molecule has 1 aliphatic rings. The average molecular weight is 252 g/mol. The van der Waals surface area contributed by atoms with E-state index in [-0.39, 0.29) is 29.3 Å². The van der Waals surface area contributed by atoms with E-state index in [0.29, 0.717) is 23.3 Å². The molecule has 0 radical (unpaired) electrons. The van der Waals surface area contributed by atoms with E-state index < -0.39 is 6.10 Å². The van der Waals surface area contributed by atoms with Gasteiger partial charge in [-0.1, -0.05) is 0 Å². The van der Waals surface area contributed by atoms with Gasteiger partial charge in [-0.3, -0.25) is 4.79 Å². The number of hydrogen-bond acceptors (Lipinski definition) is 5. The average Bonchev–Trinajstić information content (AvgIpc) is 2.34. The molecule has 98 valence electrons. The van der Waals surface area contributed by atoms with Crippen LogP contribution >= 0.6 is 0 Å². The summed E-state index contributed by atoms with van der Waals surface area (Å²) < 4.78 is 10.4. The Hall–Kier alpha value is -1.75. The van der Waals surface area contributed by atoms with Crippen molar-refractivity contribution in [2.24, 2.45) is 0 Å². The van der Waals surface area contributed by atoms with Gasteiger partial charge in [0.25, 0.3) is 0 Å². The number of Topliss-reactive ketones (excluding diaryl/α,β-unsaturated/α-hetero) is 1. The Morgan fingerprint density at radius 1 is 1.22 bits per heavy atom. The molecule has 2 rings (SSSR count). The summed E-state index contributed by atoms with van der Waals surface area (Å²) in [5, 5.41) is 20.1. The minimum Gasteiger partial charge on any atom is -0.504 e. The highest BCUT2D eigenvalue weighted by Crippen LogP contribution is 2.48. The number of phenols is 1. The van der Waals surface area contributed by atoms with E-state index in [4.69, 9.17) is 9.47 Å². The van der Waals surface area contributed by atoms with Crippen molar-refractivity contribution in [2.45, 2.75) is 25.9 Å². The van der Waals surface area contributed by atoms with Crippen molar-refractivity contribution in [3.8, 4) is 17.2 Å². The molecule has 0 spiro atoms. The zero-order valence-corrected chi connectivity index (χ0v) is 10.6. The van der Waals surface area contributed by atoms with Gasteiger partial charge in [0.2, 0.25) is 0 Å². The Balaban J connectivity index is 2.84. The van der Waals surface area contributed by atoms with Crippen molar-refractivity contribution >= 4 is 5.78 Å². The summed E-state index contributed by atoms with van der Waals surface area (Å²) in [6, 6.07) is 0. The molecule has 5 nitrogen and oxygen atoms in total. The highest BCUT2D eigenvalue weighted by molar-refractivity contribution is 6.03. The molecule has 1 aliphatic carbocycles. The third kappa shape index (κ3) is 1.62. The number of rotatable bonds is 2. The van der Waals surface area contributed by atoms with Crippen LogP contribution in [0.2, 0.25) is 0 Å². The van der Waals surface area contributed by atoms with Crippen molar-refractivity contribution < 1.29 is 24.5 Å². The number of fused-ring (bicyclic) bond motifs is 1. The molecule has 0 heterocycles. The maximum atomic E-state index is 11.9. The van der Waals surface area contributed by atoms with Gasteiger partial charge in [-0.05, 0) is 13.3 Å². The van der Waals surface area contributed by atoms with Gasteiger partial charge in [-0.15, -0.1) is 0 Å². The number of carbonyl (C=O) groups is 1. The van der Waals surface area contributed by atoms with Crippen LogP contribution in [0.4, 0.5) is 0 Å². The minimum atomic E-state index is -0.803. The van der Waals surface area contributed by atoms with E-state index in [1.807, 2.05) is 0 Å². The Bertz CT molecular complexity index is 507. The largest absolute Gasteiger partial charge is 0.504 e. The zero-order chi connectivity index (χ0) is 13.4. The molecule has 0 saturated carbocycles. The summed E-state index contributed by atoms with van der Waals surface area (Å²) in [5.41, 5.74) is 1.06. The third-order valence-electron chi connectivity index (χ3n) is 3.31. The molecule has 2 N–H and O–H groups in total. The van der Waals surface area contributed by atoms with E-state index in [1.165, 1.54) is 14.2 Å². The van der Waals surface area contributed by atoms with Crippen LogP contribution in [0, 0.1) is 6.92 Å². The second-order valence-corrected chi connectivity index (χ2v) is 4.31. The summed E-state index contributed by atoms with van der Waals surface area (Å²) in [5.74, 6) is 0.201. The van der Waals surface area contributed by atoms with Crippen LogP contribution in [-0.2, 0) is 0 Å². The fourth-order valence-electron chi connectivity index (χ4n) is 2.49. The Morgan fingerprint density at radius 2 is 1.83 bits per heavy atom. The number of aliphatic hydroxyl groups excluding tert-OH is 1. The van der Waals surface area contributed by atoms with Gasteiger partial charge in [0, 0.05) is 17.5 Å². The molecular formula is C13H16O5. The first-order valence-electron chi connectivity index (χ1n) is 5.71. The van der Waals surface area contributed by atoms with Crippen LogP contribution in [-0.4, -0.2) is 30.2 Å². The van der Waals surface area contributed by atoms with Crippen molar-refractivity contribution in [3.63, 3.8) is 0 Å². The van der Waals surface area contributed by atoms with Crippen molar-refractivity contribution in [1.29, 1.82) is 0 Å². The number of aliphatic hydroxyl groups is 1. The van der Waals surface area contributed by atoms with E-state index in [9.17, 15) is 15.0 Å². The van der Waals surface area contributed by atoms with Crippen molar-refractivity contribution in [1.82, 2.24) is 0 Å². The van der Waals surface area contributed by atoms with Crippen LogP contribution < -0.4 is 9.47 Å². The summed E-state index contributed by atoms with van der Waals surface area (Å²) in [7, 11) is 2.88. The number of carbonyl (C=O) groups excluding carboxylic acids is 1. The van der Waals surface area contributed by atoms with E-state index in [2.05, 4.69) is 0 Å². The summed E-state index contributed by atoms with van der Waals surface area (Å²) in [4.78, 5) is 11.9. The molecule has 0 aliphatic heterocycles. The molecule has 0 bridgehead atoms. The number of hydrogen-bond donors (Lipinski definition) is 2. The van der Waals surface area contributed by atoms with Gasteiger partial charge in [-0.25, -0.2) is 0 Å². The maximum Gasteiger partial charge on any atom is 0.169 e. The van der Waals surface area contributed by atoms with Gasteiger partial charge in [0.05, 0.1) is 25.9 Å². The fraction of sp³-hybridized carbons (Fsp3) is 0.462. The second-order valence-electron chi connectivity index (χ2n) is 4.31. The molecule has 0 amide bonds. The van der Waals surface area contributed by atoms with Gasteiger partial charge < -0.3 is 19.7 Å². The minimum absolute atomic E-state index is 0.119. The van der Waals surface area contributed by atoms with Crippen molar-refractivity contribution in [2.75, 3.05) is 14.2 Å². The molecule has 0 aromatic heterocycles. The predicted octanol–water partition coefficient (Wildman–Crippen LogP) is 1.73. The van der Waals surface area contributed by atoms with Crippen LogP contribution in [0.5, 0.6) is 17.2 Å². The molecule has 18 heavy (non-hydrogen) atoms. The quantitative estimate of drug-likeness (QED) is 0.838. The van der Waals surface area contributed by atoms with Gasteiger partial charge in [-0.2, -0.15) is 0 Å². The van der Waals surface area contributed by atoms with E-state index >= 15 is 0 Å². The SMILES string of the molecule is COc1c(C)c(OC)c2c(c1O)C(=O)CC[C@H]2O. The number of ether oxygens (including phenoxy) is 2. The van der Waals surface area contributed by atoms with Crippen LogP contribution in [0.3, 0.4) is 0 Å². The lowest BCUT2D eigenvalue weighted by molar-refractivity contribution is 0.0885. The first kappa shape index (κ1) is 12.7. The first-order chi connectivity index (χ1) is 8.52. The molecule has 1 aromatic carbocycles. The summed E-state index contributed by atoms with van der Waals surface area (Å²) >= 11 is 0. The molecule has 1 aromatic rings. The standard InChI is InChI=1S/C13H16O5/c1-6-12(17-2)10-8(15)5-4-7(14)9(10)11(16)13(6)18-3/h8,15-16H,4-5H2,1-3H3/t8-/m1/s1. The van der Waals surface area contributed by atoms with Crippen molar-refractivity contribution in [3.05, 3.63) is 16.7 Å². The molecule has 0 fully saturated rings. The highest BCUT2D eigenvalue weighted by atomic mass is 16.5. The topological polar surface area (TPSA) is 76.0 Å². The lowest BCUT2D eigenvalue weighted by Gasteiger charge is -2.26. The fourth-order valence-corrected chi connectivity index (χ4v) is 2.49. The maximum absolute atomic E-state index is 11.9. The zero-order valence-electron chi connectivity index (χ0n) is 10.6. The third-order valence-corrected chi connectivity index (χ3v) is 3.31. The molecule has 1 atom stereocenters. The number of benzene rings is 1. The van der Waals surface area contributed by atoms with E-state index in [1.54, 1.807) is 6.92 Å². The number of ketones is 1. The normalized spacial score (nSPS) is 18.4. The molecular weight excluding hydrogens is 236 g/mol. The van der Waals surface area contributed by atoms with Crippen LogP contribution in [0.25, 0.3) is 0 Å². The molecule has 0 saturated heterocycles. The van der Waals surface area contributed by atoms with Gasteiger partial charge >= 0.3 is 0 Å². The Morgan fingerprint density at radius 3 is 2.39 bits per heavy atom. The number of aromatic hydroxyl groups is 1. The van der Waals surface area contributed by atoms with Crippen LogP contribution in [0.1, 0.15) is 40.4 Å². The highest BCUT2D eigenvalue weighted by Gasteiger charge is 2.34. The predicted molar refractivity (Wildman–Crippen MR) is 64.5 cm³/mol. The van der Waals surface area contributed by atoms with Crippen LogP contribution in [0.15, 0.2) is 0 Å². The summed E-state index contributed by atoms with van der Waals surface area (Å²) in [6.07, 6.45) is -0.257. The number of methoxy groups -OCH3 is 2. The molecule has 5 heteroatoms. The second kappa shape index (κ2) is 4.49. The Kier molecular flexibility index (Phi) is 3.17. The Labute approximate surface area is 105 Å². The number of phenolic OH excluding ortho intramolecular Hbond substituents is 1. The molecule has 0 unspecified atom stereocenters. The van der Waals surface area contributed by atoms with Gasteiger partial charge in [0.1, 0.15) is 5.75 Å². The van der Waals surface area contributed by atoms with Gasteiger partial charge in [0.15, 0.2) is 17.3 Å². The monoisotopic (exact) mass is 252 g/mol. The lowest BCUT2D eigenvalue weighted by atomic mass is 9.85. The smallest absolute Gasteiger partial charge is 0.169 e. The lowest BCUT2D eigenvalue weighted by Crippen LogP contribution is -2.18. The first-order valence-corrected chi connectivity index (χ1v) is 5.71.